The SMILES string of the molecule is Cc1csc(CNc2nc(N)ncc2F)n1. The summed E-state index contributed by atoms with van der Waals surface area (Å²) in [6, 6.07) is 0. The number of nitrogens with two attached hydrogens (primary N) is 1. The molecule has 0 amide bonds. The van der Waals surface area contributed by atoms with Crippen LogP contribution in [0.5, 0.6) is 0 Å². The molecule has 0 aromatic carbocycles. The number of nitrogens with zero attached hydrogens (tertiary/aromatic N) is 3. The van der Waals surface area contributed by atoms with Crippen LogP contribution in [0.15, 0.2) is 11.6 Å². The van der Waals surface area contributed by atoms with Gasteiger partial charge in [0.05, 0.1) is 12.7 Å². The molecule has 0 spiro atoms. The Balaban J connectivity index is 2.07. The highest BCUT2D eigenvalue weighted by Gasteiger charge is 2.06. The standard InChI is InChI=1S/C9H10FN5S/c1-5-4-16-7(14-5)3-12-8-6(10)2-13-9(11)15-8/h2,4H,3H2,1H3,(H3,11,12,13,15). The zero-order valence-corrected chi connectivity index (χ0v) is 9.38. The first-order valence-corrected chi connectivity index (χ1v) is 5.46. The first kappa shape index (κ1) is 10.7. The molecule has 7 heteroatoms. The summed E-state index contributed by atoms with van der Waals surface area (Å²) < 4.78 is 13.2. The molecule has 0 aliphatic carbocycles. The molecule has 16 heavy (non-hydrogen) atoms. The normalized spacial score (nSPS) is 10.4. The lowest BCUT2D eigenvalue weighted by Crippen LogP contribution is -2.06. The second kappa shape index (κ2) is 4.40. The number of aryl methyl sites for hydroxylation is 1. The van der Waals surface area contributed by atoms with Crippen LogP contribution in [0.2, 0.25) is 0 Å². The Kier molecular flexibility index (Phi) is 2.95. The highest BCUT2D eigenvalue weighted by atomic mass is 32.1. The average molecular weight is 239 g/mol. The number of thiazole rings is 1. The Labute approximate surface area is 95.6 Å². The quantitative estimate of drug-likeness (QED) is 0.850. The molecule has 2 aromatic rings. The number of nitrogen functional groups attached to an aromatic ring is 1. The van der Waals surface area contributed by atoms with Gasteiger partial charge in [-0.1, -0.05) is 0 Å². The third-order valence-corrected chi connectivity index (χ3v) is 2.80. The van der Waals surface area contributed by atoms with Crippen molar-refractivity contribution in [1.82, 2.24) is 15.0 Å². The van der Waals surface area contributed by atoms with E-state index < -0.39 is 5.82 Å². The van der Waals surface area contributed by atoms with Crippen molar-refractivity contribution < 1.29 is 4.39 Å². The van der Waals surface area contributed by atoms with Gasteiger partial charge < -0.3 is 11.1 Å². The Morgan fingerprint density at radius 3 is 3.00 bits per heavy atom. The Morgan fingerprint density at radius 1 is 1.50 bits per heavy atom. The zero-order chi connectivity index (χ0) is 11.5. The first-order chi connectivity index (χ1) is 7.65. The van der Waals surface area contributed by atoms with Crippen LogP contribution in [0, 0.1) is 12.7 Å². The van der Waals surface area contributed by atoms with E-state index >= 15 is 0 Å². The highest BCUT2D eigenvalue weighted by Crippen LogP contribution is 2.14. The van der Waals surface area contributed by atoms with E-state index in [-0.39, 0.29) is 11.8 Å². The van der Waals surface area contributed by atoms with Crippen LogP contribution in [-0.4, -0.2) is 15.0 Å². The molecule has 84 valence electrons. The molecule has 0 unspecified atom stereocenters. The van der Waals surface area contributed by atoms with E-state index in [1.807, 2.05) is 12.3 Å². The van der Waals surface area contributed by atoms with Gasteiger partial charge in [0, 0.05) is 11.1 Å². The molecule has 5 nitrogen and oxygen atoms in total. The summed E-state index contributed by atoms with van der Waals surface area (Å²) >= 11 is 1.51. The number of hydrogen-bond donors (Lipinski definition) is 2. The summed E-state index contributed by atoms with van der Waals surface area (Å²) in [5.41, 5.74) is 6.31. The van der Waals surface area contributed by atoms with E-state index in [1.54, 1.807) is 0 Å². The van der Waals surface area contributed by atoms with Gasteiger partial charge in [-0.05, 0) is 6.92 Å². The van der Waals surface area contributed by atoms with Crippen LogP contribution < -0.4 is 11.1 Å². The molecule has 0 bridgehead atoms. The van der Waals surface area contributed by atoms with Crippen molar-refractivity contribution in [2.75, 3.05) is 11.1 Å². The van der Waals surface area contributed by atoms with Gasteiger partial charge in [-0.25, -0.2) is 14.4 Å². The van der Waals surface area contributed by atoms with Crippen molar-refractivity contribution in [3.8, 4) is 0 Å². The number of hydrogen-bond acceptors (Lipinski definition) is 6. The molecule has 2 aromatic heterocycles. The summed E-state index contributed by atoms with van der Waals surface area (Å²) in [5, 5.41) is 5.63. The van der Waals surface area contributed by atoms with Crippen molar-refractivity contribution >= 4 is 23.1 Å². The highest BCUT2D eigenvalue weighted by molar-refractivity contribution is 7.09. The largest absolute Gasteiger partial charge is 0.368 e. The van der Waals surface area contributed by atoms with Crippen molar-refractivity contribution in [1.29, 1.82) is 0 Å². The van der Waals surface area contributed by atoms with Crippen molar-refractivity contribution in [3.05, 3.63) is 28.1 Å². The lowest BCUT2D eigenvalue weighted by Gasteiger charge is -2.04. The number of halogens is 1. The molecule has 3 N–H and O–H groups in total. The van der Waals surface area contributed by atoms with Crippen LogP contribution in [0.3, 0.4) is 0 Å². The fourth-order valence-corrected chi connectivity index (χ4v) is 1.86. The Hall–Kier alpha value is -1.76. The molecule has 2 rings (SSSR count). The van der Waals surface area contributed by atoms with E-state index in [4.69, 9.17) is 5.73 Å². The van der Waals surface area contributed by atoms with Gasteiger partial charge >= 0.3 is 0 Å². The third kappa shape index (κ3) is 2.43. The minimum absolute atomic E-state index is 0.0409. The van der Waals surface area contributed by atoms with Gasteiger partial charge in [0.1, 0.15) is 5.01 Å². The number of nitrogens with one attached hydrogen (secondary N) is 1. The topological polar surface area (TPSA) is 76.7 Å². The number of anilines is 2. The maximum Gasteiger partial charge on any atom is 0.222 e. The molecule has 0 aliphatic heterocycles. The van der Waals surface area contributed by atoms with Crippen LogP contribution in [0.1, 0.15) is 10.7 Å². The molecule has 0 atom stereocenters. The molecule has 0 saturated heterocycles. The van der Waals surface area contributed by atoms with Gasteiger partial charge in [0.25, 0.3) is 0 Å². The molecular weight excluding hydrogens is 229 g/mol. The van der Waals surface area contributed by atoms with Crippen molar-refractivity contribution in [2.45, 2.75) is 13.5 Å². The summed E-state index contributed by atoms with van der Waals surface area (Å²) in [6.07, 6.45) is 1.04. The zero-order valence-electron chi connectivity index (χ0n) is 8.57. The minimum atomic E-state index is -0.525. The van der Waals surface area contributed by atoms with Crippen LogP contribution in [0.4, 0.5) is 16.2 Å². The number of aromatic nitrogens is 3. The molecular formula is C9H10FN5S. The van der Waals surface area contributed by atoms with Gasteiger partial charge in [-0.3, -0.25) is 0 Å². The van der Waals surface area contributed by atoms with Gasteiger partial charge in [0.2, 0.25) is 5.95 Å². The summed E-state index contributed by atoms with van der Waals surface area (Å²) in [7, 11) is 0. The average Bonchev–Trinajstić information content (AvgIpc) is 2.66. The summed E-state index contributed by atoms with van der Waals surface area (Å²) in [6.45, 7) is 2.33. The molecule has 0 fully saturated rings. The molecule has 0 radical (unpaired) electrons. The van der Waals surface area contributed by atoms with Crippen LogP contribution in [0.25, 0.3) is 0 Å². The Morgan fingerprint density at radius 2 is 2.31 bits per heavy atom. The molecule has 2 heterocycles. The van der Waals surface area contributed by atoms with Crippen molar-refractivity contribution in [3.63, 3.8) is 0 Å². The minimum Gasteiger partial charge on any atom is -0.368 e. The van der Waals surface area contributed by atoms with Gasteiger partial charge in [-0.15, -0.1) is 11.3 Å². The van der Waals surface area contributed by atoms with Gasteiger partial charge in [0.15, 0.2) is 11.6 Å². The predicted molar refractivity (Wildman–Crippen MR) is 60.6 cm³/mol. The van der Waals surface area contributed by atoms with Crippen LogP contribution in [-0.2, 0) is 6.54 Å². The van der Waals surface area contributed by atoms with E-state index in [0.29, 0.717) is 6.54 Å². The third-order valence-electron chi connectivity index (χ3n) is 1.84. The maximum atomic E-state index is 13.2. The Bertz CT molecular complexity index is 498. The van der Waals surface area contributed by atoms with E-state index in [9.17, 15) is 4.39 Å². The van der Waals surface area contributed by atoms with Gasteiger partial charge in [-0.2, -0.15) is 4.98 Å². The smallest absolute Gasteiger partial charge is 0.222 e. The first-order valence-electron chi connectivity index (χ1n) is 4.58. The van der Waals surface area contributed by atoms with Crippen molar-refractivity contribution in [2.24, 2.45) is 0 Å². The second-order valence-corrected chi connectivity index (χ2v) is 4.10. The molecule has 0 saturated carbocycles. The molecule has 0 aliphatic rings. The maximum absolute atomic E-state index is 13.2. The second-order valence-electron chi connectivity index (χ2n) is 3.16. The van der Waals surface area contributed by atoms with E-state index in [0.717, 1.165) is 16.9 Å². The fraction of sp³-hybridized carbons (Fsp3) is 0.222. The van der Waals surface area contributed by atoms with E-state index in [1.165, 1.54) is 11.3 Å². The summed E-state index contributed by atoms with van der Waals surface area (Å²) in [5.74, 6) is -0.387. The predicted octanol–water partition coefficient (Wildman–Crippen LogP) is 1.57. The monoisotopic (exact) mass is 239 g/mol. The lowest BCUT2D eigenvalue weighted by atomic mass is 10.5. The lowest BCUT2D eigenvalue weighted by molar-refractivity contribution is 0.617. The summed E-state index contributed by atoms with van der Waals surface area (Å²) in [4.78, 5) is 11.5. The fourth-order valence-electron chi connectivity index (χ4n) is 1.15. The van der Waals surface area contributed by atoms with Crippen LogP contribution >= 0.6 is 11.3 Å². The number of rotatable bonds is 3. The van der Waals surface area contributed by atoms with E-state index in [2.05, 4.69) is 20.3 Å².